The molecule has 3 N–H and O–H groups in total. The van der Waals surface area contributed by atoms with Crippen molar-refractivity contribution in [2.24, 2.45) is 5.41 Å². The number of aryl methyl sites for hydroxylation is 1. The van der Waals surface area contributed by atoms with Crippen molar-refractivity contribution in [3.8, 4) is 0 Å². The highest BCUT2D eigenvalue weighted by Gasteiger charge is 2.35. The van der Waals surface area contributed by atoms with Crippen LogP contribution in [0, 0.1) is 12.3 Å². The Morgan fingerprint density at radius 1 is 1.23 bits per heavy atom. The maximum Gasteiger partial charge on any atom is 0.311 e. The Hall–Kier alpha value is -2.30. The third-order valence-corrected chi connectivity index (χ3v) is 4.42. The van der Waals surface area contributed by atoms with Crippen LogP contribution >= 0.6 is 0 Å². The molecular weight excluding hydrogens is 280 g/mol. The molecule has 2 rings (SSSR count). The number of carbonyl (C=O) groups excluding carboxylic acids is 1. The molecule has 1 heterocycles. The van der Waals surface area contributed by atoms with Gasteiger partial charge in [0, 0.05) is 17.4 Å². The van der Waals surface area contributed by atoms with E-state index in [2.05, 4.69) is 10.3 Å². The van der Waals surface area contributed by atoms with Crippen LogP contribution in [0.3, 0.4) is 0 Å². The summed E-state index contributed by atoms with van der Waals surface area (Å²) in [6.07, 6.45) is 0.954. The highest BCUT2D eigenvalue weighted by molar-refractivity contribution is 5.98. The molecule has 0 atom stereocenters. The summed E-state index contributed by atoms with van der Waals surface area (Å²) in [6.45, 7) is 5.78. The molecule has 0 unspecified atom stereocenters. The number of hydrogen-bond acceptors (Lipinski definition) is 2. The fraction of sp³-hybridized carbons (Fsp3) is 0.412. The molecule has 5 nitrogen and oxygen atoms in total. The Balaban J connectivity index is 2.15. The van der Waals surface area contributed by atoms with E-state index in [9.17, 15) is 14.7 Å². The first-order chi connectivity index (χ1) is 10.4. The Bertz CT molecular complexity index is 699. The van der Waals surface area contributed by atoms with Gasteiger partial charge in [-0.05, 0) is 37.5 Å². The zero-order chi connectivity index (χ0) is 16.3. The minimum atomic E-state index is -0.905. The monoisotopic (exact) mass is 302 g/mol. The van der Waals surface area contributed by atoms with Crippen LogP contribution in [0.2, 0.25) is 0 Å². The third-order valence-electron chi connectivity index (χ3n) is 4.42. The van der Waals surface area contributed by atoms with Crippen molar-refractivity contribution in [2.45, 2.75) is 33.6 Å². The van der Waals surface area contributed by atoms with Gasteiger partial charge in [0.15, 0.2) is 0 Å². The Morgan fingerprint density at radius 3 is 2.50 bits per heavy atom. The average molecular weight is 302 g/mol. The standard InChI is InChI=1S/C17H22N2O3/c1-4-17(5-2,16(21)22)10-18-15(20)14-9-12-7-6-11(3)8-13(12)19-14/h6-9,19H,4-5,10H2,1-3H3,(H,18,20)(H,21,22). The molecule has 0 aliphatic heterocycles. The van der Waals surface area contributed by atoms with Gasteiger partial charge in [0.1, 0.15) is 5.69 Å². The summed E-state index contributed by atoms with van der Waals surface area (Å²) in [7, 11) is 0. The molecule has 0 bridgehead atoms. The van der Waals surface area contributed by atoms with Gasteiger partial charge in [-0.3, -0.25) is 9.59 Å². The molecule has 2 aromatic rings. The molecule has 0 aliphatic rings. The topological polar surface area (TPSA) is 82.2 Å². The smallest absolute Gasteiger partial charge is 0.311 e. The van der Waals surface area contributed by atoms with E-state index in [0.717, 1.165) is 16.5 Å². The van der Waals surface area contributed by atoms with Gasteiger partial charge in [0.2, 0.25) is 0 Å². The second-order valence-electron chi connectivity index (χ2n) is 5.75. The lowest BCUT2D eigenvalue weighted by Gasteiger charge is -2.26. The molecule has 0 radical (unpaired) electrons. The average Bonchev–Trinajstić information content (AvgIpc) is 2.91. The number of aromatic amines is 1. The fourth-order valence-electron chi connectivity index (χ4n) is 2.59. The lowest BCUT2D eigenvalue weighted by molar-refractivity contribution is -0.149. The molecule has 0 spiro atoms. The van der Waals surface area contributed by atoms with E-state index in [1.807, 2.05) is 39.0 Å². The van der Waals surface area contributed by atoms with Crippen LogP contribution in [0.1, 0.15) is 42.7 Å². The highest BCUT2D eigenvalue weighted by Crippen LogP contribution is 2.26. The van der Waals surface area contributed by atoms with Gasteiger partial charge >= 0.3 is 5.97 Å². The van der Waals surface area contributed by atoms with Crippen LogP contribution in [-0.4, -0.2) is 28.5 Å². The second-order valence-corrected chi connectivity index (χ2v) is 5.75. The van der Waals surface area contributed by atoms with Crippen molar-refractivity contribution in [3.05, 3.63) is 35.5 Å². The number of nitrogens with one attached hydrogen (secondary N) is 2. The molecule has 0 saturated heterocycles. The van der Waals surface area contributed by atoms with Crippen molar-refractivity contribution in [1.82, 2.24) is 10.3 Å². The van der Waals surface area contributed by atoms with Crippen molar-refractivity contribution >= 4 is 22.8 Å². The molecule has 1 amide bonds. The van der Waals surface area contributed by atoms with E-state index in [0.29, 0.717) is 18.5 Å². The lowest BCUT2D eigenvalue weighted by Crippen LogP contribution is -2.42. The zero-order valence-electron chi connectivity index (χ0n) is 13.2. The Morgan fingerprint density at radius 2 is 1.91 bits per heavy atom. The third kappa shape index (κ3) is 2.98. The SMILES string of the molecule is CCC(CC)(CNC(=O)c1cc2ccc(C)cc2[nH]1)C(=O)O. The normalized spacial score (nSPS) is 11.6. The van der Waals surface area contributed by atoms with E-state index in [1.54, 1.807) is 6.07 Å². The van der Waals surface area contributed by atoms with Gasteiger partial charge in [0.25, 0.3) is 5.91 Å². The number of aliphatic carboxylic acids is 1. The molecule has 1 aromatic carbocycles. The summed E-state index contributed by atoms with van der Waals surface area (Å²) in [5, 5.41) is 13.1. The van der Waals surface area contributed by atoms with Gasteiger partial charge in [-0.1, -0.05) is 26.0 Å². The zero-order valence-corrected chi connectivity index (χ0v) is 13.2. The summed E-state index contributed by atoms with van der Waals surface area (Å²) >= 11 is 0. The first kappa shape index (κ1) is 16.1. The van der Waals surface area contributed by atoms with Crippen LogP contribution in [-0.2, 0) is 4.79 Å². The largest absolute Gasteiger partial charge is 0.481 e. The predicted octanol–water partition coefficient (Wildman–Crippen LogP) is 3.10. The quantitative estimate of drug-likeness (QED) is 0.767. The number of rotatable bonds is 6. The summed E-state index contributed by atoms with van der Waals surface area (Å²) < 4.78 is 0. The number of hydrogen-bond donors (Lipinski definition) is 3. The van der Waals surface area contributed by atoms with E-state index in [1.165, 1.54) is 0 Å². The first-order valence-electron chi connectivity index (χ1n) is 7.53. The number of amides is 1. The summed E-state index contributed by atoms with van der Waals surface area (Å²) in [6, 6.07) is 7.70. The van der Waals surface area contributed by atoms with Crippen molar-refractivity contribution in [1.29, 1.82) is 0 Å². The number of carbonyl (C=O) groups is 2. The minimum Gasteiger partial charge on any atom is -0.481 e. The van der Waals surface area contributed by atoms with Gasteiger partial charge in [0.05, 0.1) is 5.41 Å². The van der Waals surface area contributed by atoms with E-state index < -0.39 is 11.4 Å². The lowest BCUT2D eigenvalue weighted by atomic mass is 9.82. The van der Waals surface area contributed by atoms with Crippen LogP contribution in [0.15, 0.2) is 24.3 Å². The number of aromatic nitrogens is 1. The van der Waals surface area contributed by atoms with E-state index >= 15 is 0 Å². The predicted molar refractivity (Wildman–Crippen MR) is 86.0 cm³/mol. The molecule has 5 heteroatoms. The number of H-pyrrole nitrogens is 1. The maximum absolute atomic E-state index is 12.3. The molecule has 22 heavy (non-hydrogen) atoms. The molecular formula is C17H22N2O3. The number of fused-ring (bicyclic) bond motifs is 1. The van der Waals surface area contributed by atoms with E-state index in [-0.39, 0.29) is 12.5 Å². The number of carboxylic acid groups (broad SMARTS) is 1. The highest BCUT2D eigenvalue weighted by atomic mass is 16.4. The summed E-state index contributed by atoms with van der Waals surface area (Å²) in [5.74, 6) is -1.15. The van der Waals surface area contributed by atoms with Crippen molar-refractivity contribution in [3.63, 3.8) is 0 Å². The van der Waals surface area contributed by atoms with Gasteiger partial charge in [-0.15, -0.1) is 0 Å². The van der Waals surface area contributed by atoms with Crippen LogP contribution in [0.5, 0.6) is 0 Å². The van der Waals surface area contributed by atoms with Gasteiger partial charge in [-0.2, -0.15) is 0 Å². The van der Waals surface area contributed by atoms with Crippen molar-refractivity contribution < 1.29 is 14.7 Å². The number of benzene rings is 1. The summed E-state index contributed by atoms with van der Waals surface area (Å²) in [4.78, 5) is 26.8. The van der Waals surface area contributed by atoms with E-state index in [4.69, 9.17) is 0 Å². The summed E-state index contributed by atoms with van der Waals surface area (Å²) in [5.41, 5.74) is 1.56. The maximum atomic E-state index is 12.3. The number of carboxylic acids is 1. The molecule has 0 fully saturated rings. The minimum absolute atomic E-state index is 0.128. The van der Waals surface area contributed by atoms with Gasteiger partial charge in [-0.25, -0.2) is 0 Å². The second kappa shape index (κ2) is 6.22. The van der Waals surface area contributed by atoms with Crippen LogP contribution < -0.4 is 5.32 Å². The van der Waals surface area contributed by atoms with Gasteiger partial charge < -0.3 is 15.4 Å². The first-order valence-corrected chi connectivity index (χ1v) is 7.53. The van der Waals surface area contributed by atoms with Crippen LogP contribution in [0.4, 0.5) is 0 Å². The molecule has 118 valence electrons. The Kier molecular flexibility index (Phi) is 4.54. The molecule has 0 aliphatic carbocycles. The van der Waals surface area contributed by atoms with Crippen LogP contribution in [0.25, 0.3) is 10.9 Å². The Labute approximate surface area is 129 Å². The van der Waals surface area contributed by atoms with Crippen molar-refractivity contribution in [2.75, 3.05) is 6.54 Å². The fourth-order valence-corrected chi connectivity index (χ4v) is 2.59. The molecule has 0 saturated carbocycles. The molecule has 1 aromatic heterocycles.